The molecule has 0 aromatic heterocycles. The predicted octanol–water partition coefficient (Wildman–Crippen LogP) is 5.00. The minimum Gasteiger partial charge on any atom is -0.543 e. The lowest BCUT2D eigenvalue weighted by Gasteiger charge is -2.36. The summed E-state index contributed by atoms with van der Waals surface area (Å²) in [4.78, 5) is 0. The van der Waals surface area contributed by atoms with E-state index in [9.17, 15) is 0 Å². The molecule has 0 saturated heterocycles. The van der Waals surface area contributed by atoms with Gasteiger partial charge < -0.3 is 4.43 Å². The van der Waals surface area contributed by atoms with Crippen molar-refractivity contribution in [3.8, 4) is 5.75 Å². The van der Waals surface area contributed by atoms with E-state index in [1.54, 1.807) is 0 Å². The Bertz CT molecular complexity index is 769. The third-order valence-corrected chi connectivity index (χ3v) is 10.4. The number of rotatable bonds is 4. The average molecular weight is 366 g/mol. The maximum Gasteiger partial charge on any atom is 0.250 e. The maximum atomic E-state index is 6.54. The lowest BCUT2D eigenvalue weighted by atomic mass is 9.58. The van der Waals surface area contributed by atoms with E-state index in [2.05, 4.69) is 92.7 Å². The van der Waals surface area contributed by atoms with Gasteiger partial charge in [-0.05, 0) is 64.9 Å². The zero-order valence-corrected chi connectivity index (χ0v) is 19.4. The molecule has 140 valence electrons. The van der Waals surface area contributed by atoms with Crippen LogP contribution in [-0.4, -0.2) is 15.6 Å². The average Bonchev–Trinajstić information content (AvgIpc) is 2.43. The highest BCUT2D eigenvalue weighted by molar-refractivity contribution is 6.74. The van der Waals surface area contributed by atoms with Gasteiger partial charge in [-0.3, -0.25) is 0 Å². The highest BCUT2D eigenvalue weighted by Crippen LogP contribution is 2.37. The van der Waals surface area contributed by atoms with Gasteiger partial charge in [-0.15, -0.1) is 0 Å². The Morgan fingerprint density at radius 1 is 0.731 bits per heavy atom. The standard InChI is InChI=1S/C23H35BOSi/c1-15-11-16(2)21(17(3)12-15)24-22-18(4)13-20(14-19(22)5)25-26(9,10)23(6,7)8/h11-14,24H,1-10H3. The Balaban J connectivity index is 2.37. The lowest BCUT2D eigenvalue weighted by molar-refractivity contribution is 0.491. The molecule has 0 heterocycles. The number of hydrogen-bond donors (Lipinski definition) is 0. The number of hydrogen-bond acceptors (Lipinski definition) is 1. The molecule has 0 bridgehead atoms. The first-order valence-corrected chi connectivity index (χ1v) is 12.6. The van der Waals surface area contributed by atoms with Crippen molar-refractivity contribution in [2.75, 3.05) is 0 Å². The van der Waals surface area contributed by atoms with Gasteiger partial charge >= 0.3 is 0 Å². The van der Waals surface area contributed by atoms with Gasteiger partial charge in [0.2, 0.25) is 8.32 Å². The monoisotopic (exact) mass is 366 g/mol. The largest absolute Gasteiger partial charge is 0.543 e. The molecule has 0 aliphatic heterocycles. The summed E-state index contributed by atoms with van der Waals surface area (Å²) in [7, 11) is -0.811. The van der Waals surface area contributed by atoms with Gasteiger partial charge in [-0.2, -0.15) is 0 Å². The summed E-state index contributed by atoms with van der Waals surface area (Å²) < 4.78 is 6.54. The quantitative estimate of drug-likeness (QED) is 0.692. The Kier molecular flexibility index (Phi) is 5.82. The summed E-state index contributed by atoms with van der Waals surface area (Å²) in [6.45, 7) is 22.6. The van der Waals surface area contributed by atoms with Gasteiger partial charge in [-0.1, -0.05) is 71.6 Å². The predicted molar refractivity (Wildman–Crippen MR) is 121 cm³/mol. The van der Waals surface area contributed by atoms with Gasteiger partial charge in [0, 0.05) is 0 Å². The minimum atomic E-state index is -1.81. The van der Waals surface area contributed by atoms with E-state index in [1.165, 1.54) is 38.7 Å². The molecule has 0 N–H and O–H groups in total. The first-order chi connectivity index (χ1) is 11.8. The van der Waals surface area contributed by atoms with E-state index >= 15 is 0 Å². The number of aryl methyl sites for hydroxylation is 5. The molecule has 0 fully saturated rings. The minimum absolute atomic E-state index is 0.212. The van der Waals surface area contributed by atoms with Crippen LogP contribution in [0.5, 0.6) is 5.75 Å². The fourth-order valence-electron chi connectivity index (χ4n) is 3.40. The number of benzene rings is 2. The van der Waals surface area contributed by atoms with Crippen LogP contribution in [-0.2, 0) is 0 Å². The maximum absolute atomic E-state index is 6.54. The molecule has 2 rings (SSSR count). The SMILES string of the molecule is Cc1cc(C)c(Bc2c(C)cc(O[Si](C)(C)C(C)(C)C)cc2C)c(C)c1. The molecule has 0 saturated carbocycles. The molecule has 1 nitrogen and oxygen atoms in total. The van der Waals surface area contributed by atoms with Crippen LogP contribution in [0.3, 0.4) is 0 Å². The van der Waals surface area contributed by atoms with Crippen molar-refractivity contribution in [1.82, 2.24) is 0 Å². The molecule has 2 aromatic carbocycles. The van der Waals surface area contributed by atoms with Gasteiger partial charge in [-0.25, -0.2) is 0 Å². The fourth-order valence-corrected chi connectivity index (χ4v) is 4.42. The molecule has 0 spiro atoms. The normalized spacial score (nSPS) is 12.2. The fraction of sp³-hybridized carbons (Fsp3) is 0.478. The smallest absolute Gasteiger partial charge is 0.250 e. The third-order valence-electron chi connectivity index (χ3n) is 6.04. The highest BCUT2D eigenvalue weighted by atomic mass is 28.4. The topological polar surface area (TPSA) is 9.23 Å². The van der Waals surface area contributed by atoms with Crippen LogP contribution in [0.25, 0.3) is 0 Å². The molecule has 0 amide bonds. The first kappa shape index (κ1) is 20.8. The van der Waals surface area contributed by atoms with Crippen LogP contribution < -0.4 is 15.4 Å². The van der Waals surface area contributed by atoms with E-state index in [4.69, 9.17) is 4.43 Å². The molecule has 0 unspecified atom stereocenters. The van der Waals surface area contributed by atoms with Gasteiger partial charge in [0.15, 0.2) is 7.28 Å². The lowest BCUT2D eigenvalue weighted by Crippen LogP contribution is -2.44. The molecular weight excluding hydrogens is 331 g/mol. The summed E-state index contributed by atoms with van der Waals surface area (Å²) in [6, 6.07) is 9.06. The van der Waals surface area contributed by atoms with E-state index in [0.717, 1.165) is 13.0 Å². The van der Waals surface area contributed by atoms with Crippen molar-refractivity contribution in [2.24, 2.45) is 0 Å². The molecule has 26 heavy (non-hydrogen) atoms. The van der Waals surface area contributed by atoms with Crippen LogP contribution in [0.2, 0.25) is 18.1 Å². The first-order valence-electron chi connectivity index (χ1n) is 9.67. The van der Waals surface area contributed by atoms with E-state index in [0.29, 0.717) is 0 Å². The summed E-state index contributed by atoms with van der Waals surface area (Å²) in [5.74, 6) is 1.03. The Morgan fingerprint density at radius 3 is 1.50 bits per heavy atom. The highest BCUT2D eigenvalue weighted by Gasteiger charge is 2.39. The molecule has 3 heteroatoms. The van der Waals surface area contributed by atoms with Crippen molar-refractivity contribution in [2.45, 2.75) is 73.5 Å². The zero-order chi connectivity index (χ0) is 19.9. The summed E-state index contributed by atoms with van der Waals surface area (Å²) in [5, 5.41) is 0.212. The van der Waals surface area contributed by atoms with Crippen molar-refractivity contribution >= 4 is 26.5 Å². The Hall–Kier alpha value is -1.48. The molecule has 0 aliphatic rings. The second-order valence-corrected chi connectivity index (χ2v) is 14.2. The third kappa shape index (κ3) is 4.43. The molecular formula is C23H35BOSi. The van der Waals surface area contributed by atoms with Crippen molar-refractivity contribution in [3.05, 3.63) is 52.1 Å². The molecule has 2 aromatic rings. The molecule has 0 radical (unpaired) electrons. The summed E-state index contributed by atoms with van der Waals surface area (Å²) in [6.07, 6.45) is 0. The van der Waals surface area contributed by atoms with Crippen LogP contribution in [0.1, 0.15) is 48.6 Å². The van der Waals surface area contributed by atoms with E-state index in [1.807, 2.05) is 0 Å². The summed E-state index contributed by atoms with van der Waals surface area (Å²) in [5.41, 5.74) is 9.68. The second-order valence-electron chi connectivity index (χ2n) is 9.45. The van der Waals surface area contributed by atoms with Gasteiger partial charge in [0.1, 0.15) is 5.75 Å². The molecule has 0 atom stereocenters. The summed E-state index contributed by atoms with van der Waals surface area (Å²) >= 11 is 0. The Labute approximate surface area is 162 Å². The van der Waals surface area contributed by atoms with Crippen molar-refractivity contribution < 1.29 is 4.43 Å². The molecule has 0 aliphatic carbocycles. The van der Waals surface area contributed by atoms with Crippen LogP contribution in [0.4, 0.5) is 0 Å². The van der Waals surface area contributed by atoms with Crippen LogP contribution >= 0.6 is 0 Å². The zero-order valence-electron chi connectivity index (χ0n) is 18.4. The van der Waals surface area contributed by atoms with Gasteiger partial charge in [0.25, 0.3) is 0 Å². The van der Waals surface area contributed by atoms with Crippen molar-refractivity contribution in [3.63, 3.8) is 0 Å². The van der Waals surface area contributed by atoms with Crippen LogP contribution in [0.15, 0.2) is 24.3 Å². The van der Waals surface area contributed by atoms with E-state index < -0.39 is 8.32 Å². The second kappa shape index (κ2) is 7.27. The van der Waals surface area contributed by atoms with Crippen LogP contribution in [0, 0.1) is 34.6 Å². The Morgan fingerprint density at radius 2 is 1.12 bits per heavy atom. The van der Waals surface area contributed by atoms with Gasteiger partial charge in [0.05, 0.1) is 0 Å². The van der Waals surface area contributed by atoms with E-state index in [-0.39, 0.29) is 5.04 Å². The van der Waals surface area contributed by atoms with Crippen molar-refractivity contribution in [1.29, 1.82) is 0 Å².